The smallest absolute Gasteiger partial charge is 0.272 e. The minimum atomic E-state index is -0.401. The number of nitrogens with zero attached hydrogens (tertiary/aromatic N) is 1. The van der Waals surface area contributed by atoms with E-state index in [9.17, 15) is 4.79 Å². The molecule has 0 aromatic rings. The van der Waals surface area contributed by atoms with Crippen molar-refractivity contribution in [1.29, 1.82) is 0 Å². The van der Waals surface area contributed by atoms with Crippen LogP contribution in [0.2, 0.25) is 0 Å². The molecule has 0 fully saturated rings. The fourth-order valence-corrected chi connectivity index (χ4v) is 0.534. The summed E-state index contributed by atoms with van der Waals surface area (Å²) in [7, 11) is 0. The van der Waals surface area contributed by atoms with E-state index in [4.69, 9.17) is 5.21 Å². The minimum Gasteiger partial charge on any atom is -0.286 e. The van der Waals surface area contributed by atoms with Crippen molar-refractivity contribution in [3.63, 3.8) is 0 Å². The first kappa shape index (κ1) is 9.17. The van der Waals surface area contributed by atoms with Crippen LogP contribution in [0.1, 0.15) is 20.3 Å². The molecule has 10 heavy (non-hydrogen) atoms. The van der Waals surface area contributed by atoms with Crippen LogP contribution in [0, 0.1) is 0 Å². The van der Waals surface area contributed by atoms with Gasteiger partial charge in [-0.2, -0.15) is 0 Å². The van der Waals surface area contributed by atoms with Crippen LogP contribution in [0.15, 0.2) is 12.2 Å². The first-order valence-corrected chi connectivity index (χ1v) is 3.25. The van der Waals surface area contributed by atoms with Crippen molar-refractivity contribution >= 4 is 5.91 Å². The van der Waals surface area contributed by atoms with Gasteiger partial charge in [-0.25, -0.2) is 5.06 Å². The molecule has 3 heteroatoms. The highest BCUT2D eigenvalue weighted by Gasteiger charge is 2.08. The predicted octanol–water partition coefficient (Wildman–Crippen LogP) is 1.19. The van der Waals surface area contributed by atoms with Crippen molar-refractivity contribution in [3.8, 4) is 0 Å². The third kappa shape index (κ3) is 2.64. The Kier molecular flexibility index (Phi) is 3.72. The van der Waals surface area contributed by atoms with Gasteiger partial charge in [0.05, 0.1) is 0 Å². The van der Waals surface area contributed by atoms with Gasteiger partial charge in [-0.3, -0.25) is 10.0 Å². The van der Waals surface area contributed by atoms with Crippen LogP contribution in [0.4, 0.5) is 0 Å². The van der Waals surface area contributed by atoms with E-state index >= 15 is 0 Å². The maximum Gasteiger partial charge on any atom is 0.272 e. The summed E-state index contributed by atoms with van der Waals surface area (Å²) in [5.41, 5.74) is 0.357. The fraction of sp³-hybridized carbons (Fsp3) is 0.571. The zero-order chi connectivity index (χ0) is 8.15. The molecule has 0 saturated carbocycles. The lowest BCUT2D eigenvalue weighted by atomic mass is 10.3. The van der Waals surface area contributed by atoms with Crippen LogP contribution < -0.4 is 0 Å². The predicted molar refractivity (Wildman–Crippen MR) is 38.6 cm³/mol. The van der Waals surface area contributed by atoms with Crippen molar-refractivity contribution < 1.29 is 10.0 Å². The van der Waals surface area contributed by atoms with Crippen molar-refractivity contribution in [1.82, 2.24) is 5.06 Å². The van der Waals surface area contributed by atoms with Crippen molar-refractivity contribution in [3.05, 3.63) is 12.2 Å². The van der Waals surface area contributed by atoms with Gasteiger partial charge in [-0.1, -0.05) is 13.5 Å². The van der Waals surface area contributed by atoms with E-state index in [-0.39, 0.29) is 0 Å². The molecule has 0 spiro atoms. The zero-order valence-electron chi connectivity index (χ0n) is 6.42. The summed E-state index contributed by atoms with van der Waals surface area (Å²) in [6.07, 6.45) is 0.746. The Balaban J connectivity index is 3.82. The standard InChI is InChI=1S/C7H13NO2/c1-4-5-8(10)7(9)6(2)3/h10H,2,4-5H2,1,3H3. The van der Waals surface area contributed by atoms with E-state index in [2.05, 4.69) is 6.58 Å². The third-order valence-corrected chi connectivity index (χ3v) is 1.03. The van der Waals surface area contributed by atoms with Gasteiger partial charge in [-0.15, -0.1) is 0 Å². The Morgan fingerprint density at radius 3 is 2.50 bits per heavy atom. The second kappa shape index (κ2) is 4.06. The number of hydroxylamine groups is 2. The van der Waals surface area contributed by atoms with Gasteiger partial charge in [0.2, 0.25) is 0 Å². The molecular formula is C7H13NO2. The summed E-state index contributed by atoms with van der Waals surface area (Å²) in [4.78, 5) is 10.8. The van der Waals surface area contributed by atoms with Crippen LogP contribution in [-0.2, 0) is 4.79 Å². The van der Waals surface area contributed by atoms with E-state index in [1.54, 1.807) is 6.92 Å². The van der Waals surface area contributed by atoms with E-state index in [1.165, 1.54) is 0 Å². The van der Waals surface area contributed by atoms with Gasteiger partial charge in [0.1, 0.15) is 0 Å². The van der Waals surface area contributed by atoms with E-state index in [1.807, 2.05) is 6.92 Å². The van der Waals surface area contributed by atoms with Crippen molar-refractivity contribution in [2.45, 2.75) is 20.3 Å². The fourth-order valence-electron chi connectivity index (χ4n) is 0.534. The molecule has 0 aliphatic heterocycles. The van der Waals surface area contributed by atoms with Gasteiger partial charge in [0.25, 0.3) is 5.91 Å². The summed E-state index contributed by atoms with van der Waals surface area (Å²) in [6, 6.07) is 0. The Morgan fingerprint density at radius 2 is 2.20 bits per heavy atom. The molecule has 0 atom stereocenters. The molecule has 0 saturated heterocycles. The molecule has 1 N–H and O–H groups in total. The molecule has 0 aliphatic carbocycles. The first-order chi connectivity index (χ1) is 4.59. The van der Waals surface area contributed by atoms with Crippen LogP contribution in [-0.4, -0.2) is 22.7 Å². The largest absolute Gasteiger partial charge is 0.286 e. The molecule has 0 heterocycles. The van der Waals surface area contributed by atoms with E-state index < -0.39 is 5.91 Å². The Labute approximate surface area is 60.9 Å². The third-order valence-electron chi connectivity index (χ3n) is 1.03. The average molecular weight is 143 g/mol. The lowest BCUT2D eigenvalue weighted by Gasteiger charge is -2.12. The second-order valence-electron chi connectivity index (χ2n) is 2.21. The molecule has 0 radical (unpaired) electrons. The van der Waals surface area contributed by atoms with Gasteiger partial charge in [-0.05, 0) is 13.3 Å². The molecule has 0 unspecified atom stereocenters. The quantitative estimate of drug-likeness (QED) is 0.366. The lowest BCUT2D eigenvalue weighted by molar-refractivity contribution is -0.160. The molecule has 1 amide bonds. The molecule has 58 valence electrons. The molecular weight excluding hydrogens is 130 g/mol. The van der Waals surface area contributed by atoms with Gasteiger partial charge in [0, 0.05) is 12.1 Å². The number of hydrogen-bond acceptors (Lipinski definition) is 2. The lowest BCUT2D eigenvalue weighted by Crippen LogP contribution is -2.28. The second-order valence-corrected chi connectivity index (χ2v) is 2.21. The highest BCUT2D eigenvalue weighted by molar-refractivity contribution is 5.91. The number of rotatable bonds is 3. The number of carbonyl (C=O) groups is 1. The average Bonchev–Trinajstić information content (AvgIpc) is 1.87. The number of hydrogen-bond donors (Lipinski definition) is 1. The Hall–Kier alpha value is -0.830. The molecule has 3 nitrogen and oxygen atoms in total. The highest BCUT2D eigenvalue weighted by Crippen LogP contribution is 1.95. The summed E-state index contributed by atoms with van der Waals surface area (Å²) in [5.74, 6) is -0.401. The molecule has 0 rings (SSSR count). The minimum absolute atomic E-state index is 0.357. The number of amides is 1. The summed E-state index contributed by atoms with van der Waals surface area (Å²) >= 11 is 0. The van der Waals surface area contributed by atoms with Crippen molar-refractivity contribution in [2.75, 3.05) is 6.54 Å². The summed E-state index contributed by atoms with van der Waals surface area (Å²) < 4.78 is 0. The van der Waals surface area contributed by atoms with E-state index in [0.29, 0.717) is 17.2 Å². The first-order valence-electron chi connectivity index (χ1n) is 3.25. The monoisotopic (exact) mass is 143 g/mol. The summed E-state index contributed by atoms with van der Waals surface area (Å²) in [5, 5.41) is 9.59. The highest BCUT2D eigenvalue weighted by atomic mass is 16.5. The van der Waals surface area contributed by atoms with Crippen LogP contribution >= 0.6 is 0 Å². The van der Waals surface area contributed by atoms with Crippen LogP contribution in [0.25, 0.3) is 0 Å². The Bertz CT molecular complexity index is 143. The van der Waals surface area contributed by atoms with Gasteiger partial charge in [0.15, 0.2) is 0 Å². The maximum atomic E-state index is 10.8. The molecule has 0 bridgehead atoms. The van der Waals surface area contributed by atoms with Gasteiger partial charge >= 0.3 is 0 Å². The number of carbonyl (C=O) groups excluding carboxylic acids is 1. The normalized spacial score (nSPS) is 9.10. The van der Waals surface area contributed by atoms with Crippen LogP contribution in [0.3, 0.4) is 0 Å². The summed E-state index contributed by atoms with van der Waals surface area (Å²) in [6.45, 7) is 7.23. The molecule has 0 aromatic carbocycles. The van der Waals surface area contributed by atoms with E-state index in [0.717, 1.165) is 6.42 Å². The van der Waals surface area contributed by atoms with Gasteiger partial charge < -0.3 is 0 Å². The molecule has 0 aromatic heterocycles. The van der Waals surface area contributed by atoms with Crippen molar-refractivity contribution in [2.24, 2.45) is 0 Å². The topological polar surface area (TPSA) is 40.5 Å². The molecule has 0 aliphatic rings. The van der Waals surface area contributed by atoms with Crippen LogP contribution in [0.5, 0.6) is 0 Å². The maximum absolute atomic E-state index is 10.8. The SMILES string of the molecule is C=C(C)C(=O)N(O)CCC. The Morgan fingerprint density at radius 1 is 1.70 bits per heavy atom. The zero-order valence-corrected chi connectivity index (χ0v) is 6.42.